The molecule has 0 aliphatic carbocycles. The van der Waals surface area contributed by atoms with E-state index in [2.05, 4.69) is 6.92 Å². The summed E-state index contributed by atoms with van der Waals surface area (Å²) >= 11 is 0. The zero-order valence-corrected chi connectivity index (χ0v) is 16.5. The summed E-state index contributed by atoms with van der Waals surface area (Å²) in [7, 11) is 0. The Labute approximate surface area is 218 Å². The first kappa shape index (κ1) is 34.0. The molecule has 0 aromatic rings. The molecule has 0 fully saturated rings. The molecule has 0 amide bonds. The van der Waals surface area contributed by atoms with Crippen LogP contribution in [-0.2, 0) is 14.4 Å². The van der Waals surface area contributed by atoms with E-state index in [1.54, 1.807) is 0 Å². The Hall–Kier alpha value is 0.370. The SMILES string of the molecule is CCCCCCCCCCCCCCC(C(=O)O)C(O)(CC(=O)O)C(=O)O.[NaH].[NaH]. The molecule has 0 spiro atoms. The standard InChI is InChI=1S/C20H36O7.2Na.2H/c1-2-3-4-5-6-7-8-9-10-11-12-13-14-16(18(23)24)20(27,19(25)26)15-17(21)22;;;;/h16,27H,2-15H2,1H3,(H,21,22)(H,23,24)(H,25,26);;;;. The van der Waals surface area contributed by atoms with Crippen molar-refractivity contribution < 1.29 is 34.8 Å². The summed E-state index contributed by atoms with van der Waals surface area (Å²) < 4.78 is 0. The van der Waals surface area contributed by atoms with Gasteiger partial charge in [-0.05, 0) is 6.42 Å². The Balaban J connectivity index is -0.00000338. The van der Waals surface area contributed by atoms with Crippen LogP contribution in [0.2, 0.25) is 0 Å². The Kier molecular flexibility index (Phi) is 23.8. The van der Waals surface area contributed by atoms with E-state index in [1.165, 1.54) is 44.9 Å². The van der Waals surface area contributed by atoms with Crippen LogP contribution in [0, 0.1) is 5.92 Å². The van der Waals surface area contributed by atoms with Gasteiger partial charge in [-0.3, -0.25) is 9.59 Å². The van der Waals surface area contributed by atoms with E-state index >= 15 is 0 Å². The zero-order chi connectivity index (χ0) is 20.7. The fourth-order valence-electron chi connectivity index (χ4n) is 3.33. The third-order valence-corrected chi connectivity index (χ3v) is 5.01. The van der Waals surface area contributed by atoms with E-state index in [1.807, 2.05) is 0 Å². The number of rotatable bonds is 18. The Morgan fingerprint density at radius 3 is 1.41 bits per heavy atom. The average molecular weight is 436 g/mol. The van der Waals surface area contributed by atoms with Gasteiger partial charge in [-0.2, -0.15) is 0 Å². The van der Waals surface area contributed by atoms with Gasteiger partial charge in [0.1, 0.15) is 0 Å². The average Bonchev–Trinajstić information content (AvgIpc) is 2.57. The first-order valence-corrected chi connectivity index (χ1v) is 10.2. The second-order valence-corrected chi connectivity index (χ2v) is 7.37. The van der Waals surface area contributed by atoms with E-state index < -0.39 is 35.8 Å². The molecule has 162 valence electrons. The molecule has 0 aliphatic heterocycles. The molecule has 29 heavy (non-hydrogen) atoms. The number of carboxylic acid groups (broad SMARTS) is 3. The van der Waals surface area contributed by atoms with Gasteiger partial charge >= 0.3 is 77.0 Å². The summed E-state index contributed by atoms with van der Waals surface area (Å²) in [5, 5.41) is 37.2. The van der Waals surface area contributed by atoms with Crippen LogP contribution in [0.3, 0.4) is 0 Å². The summed E-state index contributed by atoms with van der Waals surface area (Å²) in [5.41, 5.74) is -2.78. The van der Waals surface area contributed by atoms with Crippen LogP contribution in [0.15, 0.2) is 0 Å². The molecule has 0 aliphatic rings. The summed E-state index contributed by atoms with van der Waals surface area (Å²) in [5.74, 6) is -6.46. The van der Waals surface area contributed by atoms with Gasteiger partial charge in [0, 0.05) is 0 Å². The van der Waals surface area contributed by atoms with Crippen molar-refractivity contribution in [1.82, 2.24) is 0 Å². The predicted molar refractivity (Wildman–Crippen MR) is 116 cm³/mol. The first-order chi connectivity index (χ1) is 12.8. The van der Waals surface area contributed by atoms with Crippen LogP contribution in [0.4, 0.5) is 0 Å². The zero-order valence-electron chi connectivity index (χ0n) is 16.5. The second-order valence-electron chi connectivity index (χ2n) is 7.37. The van der Waals surface area contributed by atoms with Crippen molar-refractivity contribution in [2.45, 2.75) is 102 Å². The number of unbranched alkanes of at least 4 members (excludes halogenated alkanes) is 11. The molecule has 0 bridgehead atoms. The third-order valence-electron chi connectivity index (χ3n) is 5.01. The van der Waals surface area contributed by atoms with Crippen molar-refractivity contribution in [1.29, 1.82) is 0 Å². The number of hydrogen-bond donors (Lipinski definition) is 4. The minimum absolute atomic E-state index is 0. The van der Waals surface area contributed by atoms with Crippen LogP contribution in [0.25, 0.3) is 0 Å². The van der Waals surface area contributed by atoms with E-state index in [0.717, 1.165) is 25.7 Å². The number of carbonyl (C=O) groups is 3. The summed E-state index contributed by atoms with van der Waals surface area (Å²) in [6.45, 7) is 2.20. The van der Waals surface area contributed by atoms with Crippen molar-refractivity contribution in [3.8, 4) is 0 Å². The maximum absolute atomic E-state index is 11.3. The van der Waals surface area contributed by atoms with Crippen molar-refractivity contribution in [2.75, 3.05) is 0 Å². The molecule has 0 aromatic carbocycles. The quantitative estimate of drug-likeness (QED) is 0.192. The van der Waals surface area contributed by atoms with Gasteiger partial charge in [0.15, 0.2) is 5.60 Å². The van der Waals surface area contributed by atoms with Gasteiger partial charge in [-0.15, -0.1) is 0 Å². The Morgan fingerprint density at radius 1 is 0.724 bits per heavy atom. The van der Waals surface area contributed by atoms with Gasteiger partial charge in [-0.1, -0.05) is 84.0 Å². The second kappa shape index (κ2) is 20.3. The van der Waals surface area contributed by atoms with E-state index in [-0.39, 0.29) is 65.5 Å². The number of hydrogen-bond acceptors (Lipinski definition) is 4. The molecule has 0 rings (SSSR count). The van der Waals surface area contributed by atoms with Gasteiger partial charge in [0.05, 0.1) is 12.3 Å². The Bertz CT molecular complexity index is 460. The molecule has 2 atom stereocenters. The van der Waals surface area contributed by atoms with Crippen LogP contribution in [-0.4, -0.2) is 103 Å². The van der Waals surface area contributed by atoms with Crippen LogP contribution >= 0.6 is 0 Å². The topological polar surface area (TPSA) is 132 Å². The molecule has 4 N–H and O–H groups in total. The van der Waals surface area contributed by atoms with Gasteiger partial charge < -0.3 is 20.4 Å². The molecule has 0 saturated carbocycles. The summed E-state index contributed by atoms with van der Waals surface area (Å²) in [6.07, 6.45) is 12.0. The molecule has 0 radical (unpaired) electrons. The minimum atomic E-state index is -2.78. The summed E-state index contributed by atoms with van der Waals surface area (Å²) in [4.78, 5) is 33.4. The van der Waals surface area contributed by atoms with Crippen LogP contribution < -0.4 is 0 Å². The fraction of sp³-hybridized carbons (Fsp3) is 0.850. The van der Waals surface area contributed by atoms with Crippen molar-refractivity contribution in [3.63, 3.8) is 0 Å². The summed E-state index contributed by atoms with van der Waals surface area (Å²) in [6, 6.07) is 0. The molecule has 2 unspecified atom stereocenters. The van der Waals surface area contributed by atoms with E-state index in [9.17, 15) is 24.6 Å². The fourth-order valence-corrected chi connectivity index (χ4v) is 3.33. The van der Waals surface area contributed by atoms with E-state index in [0.29, 0.717) is 6.42 Å². The van der Waals surface area contributed by atoms with Crippen LogP contribution in [0.1, 0.15) is 96.8 Å². The molecular formula is C20H38Na2O7. The molecule has 7 nitrogen and oxygen atoms in total. The Morgan fingerprint density at radius 2 is 1.10 bits per heavy atom. The number of carboxylic acids is 3. The molecule has 0 aromatic heterocycles. The molecule has 0 saturated heterocycles. The number of aliphatic carboxylic acids is 3. The maximum atomic E-state index is 11.3. The van der Waals surface area contributed by atoms with Crippen molar-refractivity contribution in [3.05, 3.63) is 0 Å². The van der Waals surface area contributed by atoms with Gasteiger partial charge in [0.25, 0.3) is 0 Å². The van der Waals surface area contributed by atoms with Gasteiger partial charge in [0.2, 0.25) is 0 Å². The third kappa shape index (κ3) is 15.8. The monoisotopic (exact) mass is 436 g/mol. The van der Waals surface area contributed by atoms with E-state index in [4.69, 9.17) is 10.2 Å². The molecule has 9 heteroatoms. The first-order valence-electron chi connectivity index (χ1n) is 10.2. The van der Waals surface area contributed by atoms with Crippen molar-refractivity contribution in [2.24, 2.45) is 5.92 Å². The van der Waals surface area contributed by atoms with Crippen LogP contribution in [0.5, 0.6) is 0 Å². The normalized spacial score (nSPS) is 13.4. The predicted octanol–water partition coefficient (Wildman–Crippen LogP) is 2.77. The number of aliphatic hydroxyl groups is 1. The van der Waals surface area contributed by atoms with Gasteiger partial charge in [-0.25, -0.2) is 4.79 Å². The molecule has 0 heterocycles. The molecular weight excluding hydrogens is 398 g/mol. The van der Waals surface area contributed by atoms with Crippen molar-refractivity contribution >= 4 is 77.0 Å².